The van der Waals surface area contributed by atoms with Crippen LogP contribution in [0.15, 0.2) is 29.9 Å². The Kier molecular flexibility index (Phi) is 4.16. The van der Waals surface area contributed by atoms with Crippen LogP contribution in [-0.4, -0.2) is 37.9 Å². The molecule has 1 N–H and O–H groups in total. The number of H-pyrrole nitrogens is 1. The van der Waals surface area contributed by atoms with E-state index in [2.05, 4.69) is 44.3 Å². The number of nitrogens with zero attached hydrogens (tertiary/aromatic N) is 4. The molecule has 4 heterocycles. The van der Waals surface area contributed by atoms with Gasteiger partial charge in [0.05, 0.1) is 0 Å². The van der Waals surface area contributed by atoms with Crippen molar-refractivity contribution in [2.75, 3.05) is 13.1 Å². The van der Waals surface area contributed by atoms with E-state index in [1.54, 1.807) is 6.20 Å². The normalized spacial score (nSPS) is 18.3. The summed E-state index contributed by atoms with van der Waals surface area (Å²) in [5.74, 6) is 2.10. The fraction of sp³-hybridized carbons (Fsp3) is 0.389. The fourth-order valence-corrected chi connectivity index (χ4v) is 4.26. The van der Waals surface area contributed by atoms with E-state index in [0.29, 0.717) is 5.92 Å². The van der Waals surface area contributed by atoms with Crippen molar-refractivity contribution in [3.63, 3.8) is 0 Å². The predicted octanol–water partition coefficient (Wildman–Crippen LogP) is 3.53. The zero-order valence-electron chi connectivity index (χ0n) is 14.0. The molecule has 1 fully saturated rings. The SMILES string of the molecule is Cc1nc(-c2ncc[nH]2)cc([C@H]2CCN(Cc3sccc3C)C2)n1. The van der Waals surface area contributed by atoms with Crippen LogP contribution in [-0.2, 0) is 6.54 Å². The minimum Gasteiger partial charge on any atom is -0.343 e. The van der Waals surface area contributed by atoms with Gasteiger partial charge in [0.25, 0.3) is 0 Å². The van der Waals surface area contributed by atoms with E-state index in [1.807, 2.05) is 24.5 Å². The third kappa shape index (κ3) is 3.12. The molecule has 1 atom stereocenters. The molecule has 5 nitrogen and oxygen atoms in total. The second-order valence-electron chi connectivity index (χ2n) is 6.41. The lowest BCUT2D eigenvalue weighted by Gasteiger charge is -2.16. The highest BCUT2D eigenvalue weighted by Gasteiger charge is 2.26. The molecule has 3 aromatic rings. The highest BCUT2D eigenvalue weighted by atomic mass is 32.1. The third-order valence-electron chi connectivity index (χ3n) is 4.62. The Morgan fingerprint density at radius 1 is 1.33 bits per heavy atom. The summed E-state index contributed by atoms with van der Waals surface area (Å²) >= 11 is 1.86. The summed E-state index contributed by atoms with van der Waals surface area (Å²) in [6.07, 6.45) is 4.73. The number of hydrogen-bond donors (Lipinski definition) is 1. The summed E-state index contributed by atoms with van der Waals surface area (Å²) < 4.78 is 0. The summed E-state index contributed by atoms with van der Waals surface area (Å²) in [6.45, 7) is 7.39. The smallest absolute Gasteiger partial charge is 0.156 e. The second kappa shape index (κ2) is 6.45. The van der Waals surface area contributed by atoms with Crippen molar-refractivity contribution < 1.29 is 0 Å². The van der Waals surface area contributed by atoms with Crippen molar-refractivity contribution in [2.45, 2.75) is 32.7 Å². The Balaban J connectivity index is 1.52. The molecular formula is C18H21N5S. The quantitative estimate of drug-likeness (QED) is 0.790. The monoisotopic (exact) mass is 339 g/mol. The highest BCUT2D eigenvalue weighted by molar-refractivity contribution is 7.10. The lowest BCUT2D eigenvalue weighted by Crippen LogP contribution is -2.19. The standard InChI is InChI=1S/C18H21N5S/c1-12-4-8-24-17(12)11-23-7-3-14(10-23)15-9-16(22-13(2)21-15)18-19-5-6-20-18/h4-6,8-9,14H,3,7,10-11H2,1-2H3,(H,19,20)/t14-/m0/s1. The first-order valence-electron chi connectivity index (χ1n) is 8.29. The van der Waals surface area contributed by atoms with Crippen LogP contribution in [0.5, 0.6) is 0 Å². The number of aryl methyl sites for hydroxylation is 2. The van der Waals surface area contributed by atoms with Gasteiger partial charge >= 0.3 is 0 Å². The van der Waals surface area contributed by atoms with Crippen LogP contribution in [0.3, 0.4) is 0 Å². The molecule has 124 valence electrons. The van der Waals surface area contributed by atoms with E-state index in [1.165, 1.54) is 10.4 Å². The van der Waals surface area contributed by atoms with E-state index in [4.69, 9.17) is 4.98 Å². The van der Waals surface area contributed by atoms with Gasteiger partial charge in [-0.3, -0.25) is 4.90 Å². The van der Waals surface area contributed by atoms with E-state index >= 15 is 0 Å². The van der Waals surface area contributed by atoms with Crippen LogP contribution in [0.4, 0.5) is 0 Å². The number of thiophene rings is 1. The molecule has 0 bridgehead atoms. The van der Waals surface area contributed by atoms with Crippen molar-refractivity contribution in [3.8, 4) is 11.5 Å². The largest absolute Gasteiger partial charge is 0.343 e. The molecule has 0 spiro atoms. The number of aromatic nitrogens is 4. The van der Waals surface area contributed by atoms with Gasteiger partial charge in [0, 0.05) is 42.0 Å². The van der Waals surface area contributed by atoms with Crippen molar-refractivity contribution in [2.24, 2.45) is 0 Å². The average molecular weight is 339 g/mol. The van der Waals surface area contributed by atoms with Crippen molar-refractivity contribution in [1.29, 1.82) is 0 Å². The average Bonchev–Trinajstić information content (AvgIpc) is 3.30. The van der Waals surface area contributed by atoms with Gasteiger partial charge in [-0.05, 0) is 49.9 Å². The Morgan fingerprint density at radius 2 is 2.25 bits per heavy atom. The van der Waals surface area contributed by atoms with Gasteiger partial charge in [-0.1, -0.05) is 0 Å². The first-order chi connectivity index (χ1) is 11.7. The molecule has 0 unspecified atom stereocenters. The van der Waals surface area contributed by atoms with Gasteiger partial charge in [-0.15, -0.1) is 11.3 Å². The lowest BCUT2D eigenvalue weighted by atomic mass is 10.0. The maximum absolute atomic E-state index is 4.70. The fourth-order valence-electron chi connectivity index (χ4n) is 3.31. The summed E-state index contributed by atoms with van der Waals surface area (Å²) in [5, 5.41) is 2.18. The predicted molar refractivity (Wildman–Crippen MR) is 96.0 cm³/mol. The molecule has 1 saturated heterocycles. The summed E-state index contributed by atoms with van der Waals surface area (Å²) in [4.78, 5) is 20.7. The van der Waals surface area contributed by atoms with Gasteiger partial charge in [-0.2, -0.15) is 0 Å². The van der Waals surface area contributed by atoms with Crippen LogP contribution in [0.25, 0.3) is 11.5 Å². The van der Waals surface area contributed by atoms with E-state index in [9.17, 15) is 0 Å². The molecule has 0 saturated carbocycles. The second-order valence-corrected chi connectivity index (χ2v) is 7.41. The molecule has 0 aliphatic carbocycles. The highest BCUT2D eigenvalue weighted by Crippen LogP contribution is 2.30. The number of rotatable bonds is 4. The van der Waals surface area contributed by atoms with Gasteiger partial charge in [-0.25, -0.2) is 15.0 Å². The van der Waals surface area contributed by atoms with Crippen LogP contribution >= 0.6 is 11.3 Å². The topological polar surface area (TPSA) is 57.7 Å². The number of aromatic amines is 1. The molecule has 3 aromatic heterocycles. The van der Waals surface area contributed by atoms with E-state index in [0.717, 1.165) is 49.1 Å². The number of imidazole rings is 1. The van der Waals surface area contributed by atoms with Crippen molar-refractivity contribution in [3.05, 3.63) is 51.9 Å². The first-order valence-corrected chi connectivity index (χ1v) is 9.17. The van der Waals surface area contributed by atoms with Crippen molar-refractivity contribution in [1.82, 2.24) is 24.8 Å². The number of nitrogens with one attached hydrogen (secondary N) is 1. The van der Waals surface area contributed by atoms with E-state index < -0.39 is 0 Å². The minimum atomic E-state index is 0.473. The maximum atomic E-state index is 4.70. The van der Waals surface area contributed by atoms with E-state index in [-0.39, 0.29) is 0 Å². The molecule has 0 aromatic carbocycles. The first kappa shape index (κ1) is 15.5. The molecular weight excluding hydrogens is 318 g/mol. The Hall–Kier alpha value is -2.05. The number of hydrogen-bond acceptors (Lipinski definition) is 5. The van der Waals surface area contributed by atoms with Gasteiger partial charge in [0.2, 0.25) is 0 Å². The molecule has 1 aliphatic heterocycles. The van der Waals surface area contributed by atoms with Crippen LogP contribution < -0.4 is 0 Å². The Morgan fingerprint density at radius 3 is 3.00 bits per heavy atom. The zero-order valence-corrected chi connectivity index (χ0v) is 14.8. The van der Waals surface area contributed by atoms with Crippen LogP contribution in [0.1, 0.15) is 34.3 Å². The minimum absolute atomic E-state index is 0.473. The van der Waals surface area contributed by atoms with Gasteiger partial charge in [0.1, 0.15) is 11.5 Å². The molecule has 24 heavy (non-hydrogen) atoms. The Bertz CT molecular complexity index is 824. The summed E-state index contributed by atoms with van der Waals surface area (Å²) in [6, 6.07) is 4.30. The lowest BCUT2D eigenvalue weighted by molar-refractivity contribution is 0.328. The zero-order chi connectivity index (χ0) is 16.5. The molecule has 1 aliphatic rings. The summed E-state index contributed by atoms with van der Waals surface area (Å²) in [7, 11) is 0. The maximum Gasteiger partial charge on any atom is 0.156 e. The molecule has 0 amide bonds. The molecule has 4 rings (SSSR count). The van der Waals surface area contributed by atoms with Gasteiger partial charge < -0.3 is 4.98 Å². The summed E-state index contributed by atoms with van der Waals surface area (Å²) in [5.41, 5.74) is 3.43. The van der Waals surface area contributed by atoms with Gasteiger partial charge in [0.15, 0.2) is 5.82 Å². The van der Waals surface area contributed by atoms with Crippen LogP contribution in [0.2, 0.25) is 0 Å². The third-order valence-corrected chi connectivity index (χ3v) is 5.63. The molecule has 6 heteroatoms. The number of likely N-dealkylation sites (tertiary alicyclic amines) is 1. The Labute approximate surface area is 145 Å². The van der Waals surface area contributed by atoms with Crippen LogP contribution in [0, 0.1) is 13.8 Å². The van der Waals surface area contributed by atoms with Crippen molar-refractivity contribution >= 4 is 11.3 Å². The molecule has 0 radical (unpaired) electrons.